The van der Waals surface area contributed by atoms with Crippen molar-refractivity contribution in [3.8, 4) is 11.4 Å². The molecule has 2 aromatic carbocycles. The summed E-state index contributed by atoms with van der Waals surface area (Å²) in [7, 11) is 1.46. The first-order valence-corrected chi connectivity index (χ1v) is 9.03. The number of benzene rings is 2. The highest BCUT2D eigenvalue weighted by atomic mass is 16.5. The van der Waals surface area contributed by atoms with Crippen LogP contribution in [0.5, 0.6) is 5.75 Å². The first kappa shape index (κ1) is 20.6. The smallest absolute Gasteiger partial charge is 0.340 e. The molecule has 0 saturated heterocycles. The summed E-state index contributed by atoms with van der Waals surface area (Å²) >= 11 is 0. The van der Waals surface area contributed by atoms with Crippen LogP contribution in [-0.2, 0) is 4.74 Å². The summed E-state index contributed by atoms with van der Waals surface area (Å²) < 4.78 is 10.9. The van der Waals surface area contributed by atoms with Crippen LogP contribution < -0.4 is 21.3 Å². The van der Waals surface area contributed by atoms with Gasteiger partial charge in [0.05, 0.1) is 30.7 Å². The van der Waals surface area contributed by atoms with Crippen LogP contribution in [0.15, 0.2) is 64.3 Å². The molecule has 0 saturated carbocycles. The number of carbonyl (C=O) groups excluding carboxylic acids is 2. The summed E-state index contributed by atoms with van der Waals surface area (Å²) in [6.07, 6.45) is 1.03. The third-order valence-electron chi connectivity index (χ3n) is 4.20. The molecule has 154 valence electrons. The van der Waals surface area contributed by atoms with Gasteiger partial charge in [0.15, 0.2) is 0 Å². The van der Waals surface area contributed by atoms with Crippen LogP contribution in [0.25, 0.3) is 5.69 Å². The number of H-pyrrole nitrogens is 1. The predicted octanol–water partition coefficient (Wildman–Crippen LogP) is 1.96. The Hall–Kier alpha value is -4.14. The molecule has 0 fully saturated rings. The number of ether oxygens (including phenoxy) is 2. The average Bonchev–Trinajstić information content (AvgIpc) is 2.74. The molecule has 3 aromatic rings. The molecular weight excluding hydrogens is 390 g/mol. The third-order valence-corrected chi connectivity index (χ3v) is 4.20. The number of rotatable bonds is 6. The molecule has 2 N–H and O–H groups in total. The minimum Gasteiger partial charge on any atom is -0.497 e. The van der Waals surface area contributed by atoms with E-state index in [-0.39, 0.29) is 29.1 Å². The Morgan fingerprint density at radius 3 is 2.57 bits per heavy atom. The van der Waals surface area contributed by atoms with Gasteiger partial charge in [-0.25, -0.2) is 14.2 Å². The number of hydrogen-bond donors (Lipinski definition) is 2. The average molecular weight is 409 g/mol. The summed E-state index contributed by atoms with van der Waals surface area (Å²) in [6.45, 7) is 1.84. The molecule has 0 aliphatic rings. The number of anilines is 1. The van der Waals surface area contributed by atoms with Crippen LogP contribution in [0.2, 0.25) is 0 Å². The zero-order chi connectivity index (χ0) is 21.7. The number of amides is 1. The van der Waals surface area contributed by atoms with Crippen molar-refractivity contribution in [2.45, 2.75) is 6.92 Å². The van der Waals surface area contributed by atoms with Gasteiger partial charge < -0.3 is 19.8 Å². The maximum Gasteiger partial charge on any atom is 0.340 e. The van der Waals surface area contributed by atoms with Crippen LogP contribution in [0.1, 0.15) is 27.6 Å². The lowest BCUT2D eigenvalue weighted by molar-refractivity contribution is 0.0527. The lowest BCUT2D eigenvalue weighted by atomic mass is 10.1. The third kappa shape index (κ3) is 4.14. The van der Waals surface area contributed by atoms with Crippen molar-refractivity contribution in [2.24, 2.45) is 0 Å². The molecule has 3 rings (SSSR count). The Morgan fingerprint density at radius 1 is 1.07 bits per heavy atom. The monoisotopic (exact) mass is 409 g/mol. The summed E-state index contributed by atoms with van der Waals surface area (Å²) in [5, 5.41) is 2.53. The molecule has 0 atom stereocenters. The second-order valence-electron chi connectivity index (χ2n) is 6.07. The van der Waals surface area contributed by atoms with Gasteiger partial charge in [0.25, 0.3) is 11.5 Å². The van der Waals surface area contributed by atoms with Crippen LogP contribution in [0, 0.1) is 0 Å². The Labute approximate surface area is 170 Å². The Kier molecular flexibility index (Phi) is 6.11. The minimum atomic E-state index is -0.821. The van der Waals surface area contributed by atoms with Crippen LogP contribution >= 0.6 is 0 Å². The first-order chi connectivity index (χ1) is 14.5. The number of carbonyl (C=O) groups is 2. The minimum absolute atomic E-state index is 0.144. The molecule has 0 unspecified atom stereocenters. The van der Waals surface area contributed by atoms with E-state index in [1.807, 2.05) is 0 Å². The fourth-order valence-electron chi connectivity index (χ4n) is 2.79. The van der Waals surface area contributed by atoms with Gasteiger partial charge >= 0.3 is 11.7 Å². The van der Waals surface area contributed by atoms with Gasteiger partial charge in [-0.05, 0) is 31.2 Å². The maximum atomic E-state index is 12.9. The molecule has 0 aliphatic heterocycles. The highest BCUT2D eigenvalue weighted by molar-refractivity contribution is 6.07. The first-order valence-electron chi connectivity index (χ1n) is 9.03. The number of aromatic nitrogens is 2. The zero-order valence-corrected chi connectivity index (χ0v) is 16.3. The lowest BCUT2D eigenvalue weighted by Crippen LogP contribution is -2.38. The van der Waals surface area contributed by atoms with E-state index in [4.69, 9.17) is 9.47 Å². The van der Waals surface area contributed by atoms with Gasteiger partial charge in [-0.2, -0.15) is 0 Å². The Bertz CT molecular complexity index is 1210. The van der Waals surface area contributed by atoms with Gasteiger partial charge in [0.2, 0.25) is 0 Å². The van der Waals surface area contributed by atoms with Crippen LogP contribution in [0.4, 0.5) is 5.69 Å². The van der Waals surface area contributed by atoms with E-state index in [1.54, 1.807) is 31.2 Å². The lowest BCUT2D eigenvalue weighted by Gasteiger charge is -2.11. The van der Waals surface area contributed by atoms with Gasteiger partial charge in [0.1, 0.15) is 11.3 Å². The Balaban J connectivity index is 2.00. The van der Waals surface area contributed by atoms with E-state index in [0.29, 0.717) is 5.75 Å². The standard InChI is InChI=1S/C21H19N3O6/c1-3-30-20(27)15-9-4-5-10-17(15)23-18(25)16-12-22-21(28)24(19(16)26)13-7-6-8-14(11-13)29-2/h4-12H,3H2,1-2H3,(H,22,28)(H,23,25). The molecular formula is C21H19N3O6. The molecule has 9 nitrogen and oxygen atoms in total. The van der Waals surface area contributed by atoms with E-state index in [2.05, 4.69) is 10.3 Å². The highest BCUT2D eigenvalue weighted by Crippen LogP contribution is 2.17. The number of para-hydroxylation sites is 1. The maximum absolute atomic E-state index is 12.9. The van der Waals surface area contributed by atoms with Crippen LogP contribution in [0.3, 0.4) is 0 Å². The van der Waals surface area contributed by atoms with Crippen molar-refractivity contribution in [1.29, 1.82) is 0 Å². The van der Waals surface area contributed by atoms with E-state index >= 15 is 0 Å². The van der Waals surface area contributed by atoms with Crippen LogP contribution in [-0.4, -0.2) is 35.1 Å². The molecule has 1 aromatic heterocycles. The number of nitrogens with one attached hydrogen (secondary N) is 2. The molecule has 0 aliphatic carbocycles. The normalized spacial score (nSPS) is 10.3. The SMILES string of the molecule is CCOC(=O)c1ccccc1NC(=O)c1c[nH]c(=O)n(-c2cccc(OC)c2)c1=O. The summed E-state index contributed by atoms with van der Waals surface area (Å²) in [4.78, 5) is 52.4. The quantitative estimate of drug-likeness (QED) is 0.601. The molecule has 1 amide bonds. The van der Waals surface area contributed by atoms with Crippen molar-refractivity contribution >= 4 is 17.6 Å². The van der Waals surface area contributed by atoms with Gasteiger partial charge in [-0.15, -0.1) is 0 Å². The van der Waals surface area contributed by atoms with Gasteiger partial charge in [-0.1, -0.05) is 18.2 Å². The summed E-state index contributed by atoms with van der Waals surface area (Å²) in [5.74, 6) is -0.953. The number of esters is 1. The van der Waals surface area contributed by atoms with Gasteiger partial charge in [-0.3, -0.25) is 9.59 Å². The van der Waals surface area contributed by atoms with Crippen molar-refractivity contribution < 1.29 is 19.1 Å². The molecule has 0 radical (unpaired) electrons. The van der Waals surface area contributed by atoms with E-state index in [1.165, 1.54) is 31.4 Å². The number of aromatic amines is 1. The van der Waals surface area contributed by atoms with E-state index in [0.717, 1.165) is 10.8 Å². The second kappa shape index (κ2) is 8.91. The number of nitrogens with zero attached hydrogens (tertiary/aromatic N) is 1. The number of methoxy groups -OCH3 is 1. The molecule has 0 bridgehead atoms. The van der Waals surface area contributed by atoms with E-state index in [9.17, 15) is 19.2 Å². The van der Waals surface area contributed by atoms with Crippen molar-refractivity contribution in [1.82, 2.24) is 9.55 Å². The summed E-state index contributed by atoms with van der Waals surface area (Å²) in [5.41, 5.74) is -1.28. The fraction of sp³-hybridized carbons (Fsp3) is 0.143. The van der Waals surface area contributed by atoms with Crippen molar-refractivity contribution in [2.75, 3.05) is 19.0 Å². The molecule has 0 spiro atoms. The second-order valence-corrected chi connectivity index (χ2v) is 6.07. The molecule has 1 heterocycles. The van der Waals surface area contributed by atoms with Gasteiger partial charge in [0, 0.05) is 12.3 Å². The summed E-state index contributed by atoms with van der Waals surface area (Å²) in [6, 6.07) is 12.6. The highest BCUT2D eigenvalue weighted by Gasteiger charge is 2.19. The largest absolute Gasteiger partial charge is 0.497 e. The van der Waals surface area contributed by atoms with E-state index < -0.39 is 23.1 Å². The predicted molar refractivity (Wildman–Crippen MR) is 110 cm³/mol. The Morgan fingerprint density at radius 2 is 1.83 bits per heavy atom. The fourth-order valence-corrected chi connectivity index (χ4v) is 2.79. The topological polar surface area (TPSA) is 119 Å². The molecule has 30 heavy (non-hydrogen) atoms. The number of hydrogen-bond acceptors (Lipinski definition) is 6. The molecule has 9 heteroatoms. The van der Waals surface area contributed by atoms with Crippen molar-refractivity contribution in [3.05, 3.63) is 86.7 Å². The zero-order valence-electron chi connectivity index (χ0n) is 16.3. The van der Waals surface area contributed by atoms with Crippen molar-refractivity contribution in [3.63, 3.8) is 0 Å².